The molecule has 0 aliphatic heterocycles. The number of aliphatic hydroxyl groups is 1. The summed E-state index contributed by atoms with van der Waals surface area (Å²) in [6.07, 6.45) is 4.16. The summed E-state index contributed by atoms with van der Waals surface area (Å²) in [7, 11) is 0. The van der Waals surface area contributed by atoms with Gasteiger partial charge >= 0.3 is 0 Å². The zero-order valence-electron chi connectivity index (χ0n) is 13.2. The van der Waals surface area contributed by atoms with Gasteiger partial charge in [0.25, 0.3) is 0 Å². The van der Waals surface area contributed by atoms with Crippen LogP contribution >= 0.6 is 0 Å². The molecule has 1 unspecified atom stereocenters. The van der Waals surface area contributed by atoms with E-state index in [1.54, 1.807) is 0 Å². The minimum Gasteiger partial charge on any atom is -0.394 e. The van der Waals surface area contributed by atoms with Gasteiger partial charge in [-0.1, -0.05) is 27.2 Å². The first-order valence-electron chi connectivity index (χ1n) is 7.58. The summed E-state index contributed by atoms with van der Waals surface area (Å²) in [5, 5.41) is 12.8. The smallest absolute Gasteiger partial charge is 0.0700 e. The van der Waals surface area contributed by atoms with Crippen LogP contribution in [-0.2, 0) is 9.47 Å². The number of unbranched alkanes of at least 4 members (excludes halogenated alkanes) is 1. The van der Waals surface area contributed by atoms with Crippen LogP contribution in [0.25, 0.3) is 0 Å². The predicted octanol–water partition coefficient (Wildman–Crippen LogP) is 2.35. The van der Waals surface area contributed by atoms with E-state index in [1.165, 1.54) is 6.42 Å². The molecular formula is C15H33NO3. The fraction of sp³-hybridized carbons (Fsp3) is 1.00. The Morgan fingerprint density at radius 2 is 1.63 bits per heavy atom. The van der Waals surface area contributed by atoms with Gasteiger partial charge < -0.3 is 19.9 Å². The largest absolute Gasteiger partial charge is 0.394 e. The van der Waals surface area contributed by atoms with Gasteiger partial charge in [0.05, 0.1) is 19.8 Å². The molecule has 0 radical (unpaired) electrons. The highest BCUT2D eigenvalue weighted by Gasteiger charge is 2.22. The second kappa shape index (κ2) is 11.6. The van der Waals surface area contributed by atoms with Crippen LogP contribution in [0.1, 0.15) is 53.4 Å². The second-order valence-corrected chi connectivity index (χ2v) is 5.70. The van der Waals surface area contributed by atoms with Crippen LogP contribution < -0.4 is 5.32 Å². The van der Waals surface area contributed by atoms with Gasteiger partial charge in [0.1, 0.15) is 0 Å². The lowest BCUT2D eigenvalue weighted by molar-refractivity contribution is 0.0416. The van der Waals surface area contributed by atoms with Crippen molar-refractivity contribution in [2.45, 2.75) is 65.0 Å². The standard InChI is InChI=1S/C15H33NO3/c1-5-6-9-18-11-12-19-10-7-8-15(4,13-17)16-14(2)3/h14,16-17H,5-13H2,1-4H3. The van der Waals surface area contributed by atoms with Gasteiger partial charge in [-0.15, -0.1) is 0 Å². The topological polar surface area (TPSA) is 50.7 Å². The molecule has 19 heavy (non-hydrogen) atoms. The first-order chi connectivity index (χ1) is 9.04. The summed E-state index contributed by atoms with van der Waals surface area (Å²) in [5.41, 5.74) is -0.199. The fourth-order valence-corrected chi connectivity index (χ4v) is 2.03. The molecule has 2 N–H and O–H groups in total. The number of ether oxygens (including phenoxy) is 2. The Morgan fingerprint density at radius 3 is 2.11 bits per heavy atom. The molecule has 0 fully saturated rings. The van der Waals surface area contributed by atoms with Gasteiger partial charge in [0.15, 0.2) is 0 Å². The van der Waals surface area contributed by atoms with Crippen molar-refractivity contribution >= 4 is 0 Å². The molecule has 0 bridgehead atoms. The molecule has 0 aromatic carbocycles. The van der Waals surface area contributed by atoms with Crippen molar-refractivity contribution in [1.82, 2.24) is 5.32 Å². The number of nitrogens with one attached hydrogen (secondary N) is 1. The Morgan fingerprint density at radius 1 is 1.05 bits per heavy atom. The van der Waals surface area contributed by atoms with Crippen molar-refractivity contribution in [1.29, 1.82) is 0 Å². The third-order valence-electron chi connectivity index (χ3n) is 3.02. The van der Waals surface area contributed by atoms with E-state index in [2.05, 4.69) is 33.0 Å². The second-order valence-electron chi connectivity index (χ2n) is 5.70. The van der Waals surface area contributed by atoms with Crippen LogP contribution in [0.2, 0.25) is 0 Å². The molecule has 4 nitrogen and oxygen atoms in total. The van der Waals surface area contributed by atoms with Crippen molar-refractivity contribution in [3.63, 3.8) is 0 Å². The zero-order chi connectivity index (χ0) is 14.6. The molecule has 0 aromatic rings. The molecule has 1 atom stereocenters. The van der Waals surface area contributed by atoms with Crippen LogP contribution in [0.15, 0.2) is 0 Å². The van der Waals surface area contributed by atoms with Crippen molar-refractivity contribution in [3.05, 3.63) is 0 Å². The first-order valence-corrected chi connectivity index (χ1v) is 7.58. The van der Waals surface area contributed by atoms with Gasteiger partial charge in [0.2, 0.25) is 0 Å². The summed E-state index contributed by atoms with van der Waals surface area (Å²) < 4.78 is 10.9. The van der Waals surface area contributed by atoms with Gasteiger partial charge in [0, 0.05) is 24.8 Å². The SMILES string of the molecule is CCCCOCCOCCCC(C)(CO)NC(C)C. The van der Waals surface area contributed by atoms with E-state index in [1.807, 2.05) is 0 Å². The number of rotatable bonds is 13. The van der Waals surface area contributed by atoms with Gasteiger partial charge in [-0.2, -0.15) is 0 Å². The summed E-state index contributed by atoms with van der Waals surface area (Å²) in [5.74, 6) is 0. The molecule has 0 aromatic heterocycles. The van der Waals surface area contributed by atoms with Crippen LogP contribution in [0.5, 0.6) is 0 Å². The summed E-state index contributed by atoms with van der Waals surface area (Å²) in [6, 6.07) is 0.380. The first kappa shape index (κ1) is 18.8. The van der Waals surface area contributed by atoms with E-state index in [0.717, 1.165) is 32.5 Å². The van der Waals surface area contributed by atoms with Gasteiger partial charge in [-0.05, 0) is 26.2 Å². The minimum atomic E-state index is -0.199. The summed E-state index contributed by atoms with van der Waals surface area (Å²) in [6.45, 7) is 11.5. The average Bonchev–Trinajstić information content (AvgIpc) is 2.36. The molecule has 0 spiro atoms. The normalized spacial score (nSPS) is 14.8. The van der Waals surface area contributed by atoms with Crippen LogP contribution in [0.4, 0.5) is 0 Å². The molecule has 0 saturated heterocycles. The molecule has 0 rings (SSSR count). The molecular weight excluding hydrogens is 242 g/mol. The third kappa shape index (κ3) is 11.4. The van der Waals surface area contributed by atoms with Crippen molar-refractivity contribution in [2.75, 3.05) is 33.0 Å². The van der Waals surface area contributed by atoms with Crippen molar-refractivity contribution in [2.24, 2.45) is 0 Å². The third-order valence-corrected chi connectivity index (χ3v) is 3.02. The maximum Gasteiger partial charge on any atom is 0.0700 e. The molecule has 0 aliphatic rings. The fourth-order valence-electron chi connectivity index (χ4n) is 2.03. The maximum absolute atomic E-state index is 9.43. The van der Waals surface area contributed by atoms with Crippen molar-refractivity contribution < 1.29 is 14.6 Å². The Labute approximate surface area is 118 Å². The lowest BCUT2D eigenvalue weighted by Gasteiger charge is -2.31. The highest BCUT2D eigenvalue weighted by atomic mass is 16.5. The Balaban J connectivity index is 3.46. The average molecular weight is 275 g/mol. The van der Waals surface area contributed by atoms with Crippen molar-refractivity contribution in [3.8, 4) is 0 Å². The molecule has 4 heteroatoms. The maximum atomic E-state index is 9.43. The van der Waals surface area contributed by atoms with Crippen LogP contribution in [0, 0.1) is 0 Å². The number of aliphatic hydroxyl groups excluding tert-OH is 1. The zero-order valence-corrected chi connectivity index (χ0v) is 13.2. The molecule has 0 saturated carbocycles. The highest BCUT2D eigenvalue weighted by molar-refractivity contribution is 4.83. The van der Waals surface area contributed by atoms with Crippen LogP contribution in [0.3, 0.4) is 0 Å². The number of hydrogen-bond acceptors (Lipinski definition) is 4. The predicted molar refractivity (Wildman–Crippen MR) is 79.5 cm³/mol. The quantitative estimate of drug-likeness (QED) is 0.507. The van der Waals surface area contributed by atoms with E-state index >= 15 is 0 Å². The minimum absolute atomic E-state index is 0.158. The lowest BCUT2D eigenvalue weighted by Crippen LogP contribution is -2.49. The highest BCUT2D eigenvalue weighted by Crippen LogP contribution is 2.12. The Kier molecular flexibility index (Phi) is 11.6. The van der Waals surface area contributed by atoms with E-state index < -0.39 is 0 Å². The Bertz CT molecular complexity index is 200. The van der Waals surface area contributed by atoms with E-state index in [4.69, 9.17) is 9.47 Å². The molecule has 0 aliphatic carbocycles. The van der Waals surface area contributed by atoms with E-state index in [-0.39, 0.29) is 12.1 Å². The summed E-state index contributed by atoms with van der Waals surface area (Å²) in [4.78, 5) is 0. The Hall–Kier alpha value is -0.160. The molecule has 116 valence electrons. The van der Waals surface area contributed by atoms with Gasteiger partial charge in [-0.25, -0.2) is 0 Å². The van der Waals surface area contributed by atoms with E-state index in [0.29, 0.717) is 19.3 Å². The number of hydrogen-bond donors (Lipinski definition) is 2. The van der Waals surface area contributed by atoms with E-state index in [9.17, 15) is 5.11 Å². The molecule has 0 amide bonds. The lowest BCUT2D eigenvalue weighted by atomic mass is 9.96. The monoisotopic (exact) mass is 275 g/mol. The molecule has 0 heterocycles. The van der Waals surface area contributed by atoms with Gasteiger partial charge in [-0.3, -0.25) is 0 Å². The van der Waals surface area contributed by atoms with Crippen LogP contribution in [-0.4, -0.2) is 49.7 Å². The summed E-state index contributed by atoms with van der Waals surface area (Å²) >= 11 is 0.